The molecule has 0 aliphatic carbocycles. The lowest BCUT2D eigenvalue weighted by atomic mass is 10.0. The predicted octanol–water partition coefficient (Wildman–Crippen LogP) is 3.24. The van der Waals surface area contributed by atoms with E-state index in [4.69, 9.17) is 5.73 Å². The second-order valence-corrected chi connectivity index (χ2v) is 5.03. The fourth-order valence-corrected chi connectivity index (χ4v) is 3.35. The maximum absolute atomic E-state index is 13.4. The first-order chi connectivity index (χ1) is 7.13. The van der Waals surface area contributed by atoms with Crippen LogP contribution in [-0.2, 0) is 0 Å². The van der Waals surface area contributed by atoms with Crippen LogP contribution in [0.5, 0.6) is 0 Å². The third kappa shape index (κ3) is 1.88. The summed E-state index contributed by atoms with van der Waals surface area (Å²) in [6.45, 7) is 2.06. The zero-order valence-corrected chi connectivity index (χ0v) is 9.28. The first kappa shape index (κ1) is 10.9. The highest BCUT2D eigenvalue weighted by atomic mass is 32.2. The van der Waals surface area contributed by atoms with Crippen LogP contribution in [0.1, 0.15) is 31.4 Å². The molecule has 2 unspecified atom stereocenters. The van der Waals surface area contributed by atoms with E-state index in [0.717, 1.165) is 18.9 Å². The van der Waals surface area contributed by atoms with Crippen molar-refractivity contribution in [1.82, 2.24) is 0 Å². The molecule has 0 aromatic heterocycles. The minimum Gasteiger partial charge on any atom is -0.323 e. The summed E-state index contributed by atoms with van der Waals surface area (Å²) in [6, 6.07) is 2.04. The first-order valence-corrected chi connectivity index (χ1v) is 5.92. The molecule has 2 rings (SSSR count). The van der Waals surface area contributed by atoms with E-state index in [1.807, 2.05) is 0 Å². The quantitative estimate of drug-likeness (QED) is 0.842. The van der Waals surface area contributed by atoms with Gasteiger partial charge in [0.05, 0.1) is 0 Å². The van der Waals surface area contributed by atoms with Crippen LogP contribution in [-0.4, -0.2) is 5.25 Å². The smallest absolute Gasteiger partial charge is 0.140 e. The van der Waals surface area contributed by atoms with Gasteiger partial charge >= 0.3 is 0 Å². The Morgan fingerprint density at radius 1 is 1.40 bits per heavy atom. The van der Waals surface area contributed by atoms with E-state index in [-0.39, 0.29) is 11.3 Å². The molecule has 2 N–H and O–H groups in total. The van der Waals surface area contributed by atoms with Crippen molar-refractivity contribution in [1.29, 1.82) is 0 Å². The van der Waals surface area contributed by atoms with E-state index in [1.165, 1.54) is 17.8 Å². The van der Waals surface area contributed by atoms with Crippen molar-refractivity contribution in [3.05, 3.63) is 29.3 Å². The standard InChI is InChI=1S/C11H13F2NS/c1-2-3-9-10(14)7-4-6(12)5-8(13)11(7)15-9/h4-5,9-10H,2-3,14H2,1H3. The third-order valence-corrected chi connectivity index (χ3v) is 4.14. The number of rotatable bonds is 2. The Morgan fingerprint density at radius 3 is 2.80 bits per heavy atom. The Morgan fingerprint density at radius 2 is 2.13 bits per heavy atom. The zero-order valence-electron chi connectivity index (χ0n) is 8.47. The average Bonchev–Trinajstić information content (AvgIpc) is 2.47. The van der Waals surface area contributed by atoms with E-state index in [2.05, 4.69) is 6.92 Å². The lowest BCUT2D eigenvalue weighted by Gasteiger charge is -2.13. The number of thioether (sulfide) groups is 1. The molecule has 0 saturated carbocycles. The Kier molecular flexibility index (Phi) is 2.98. The molecule has 0 saturated heterocycles. The predicted molar refractivity (Wildman–Crippen MR) is 57.8 cm³/mol. The van der Waals surface area contributed by atoms with Gasteiger partial charge in [0.15, 0.2) is 0 Å². The summed E-state index contributed by atoms with van der Waals surface area (Å²) in [7, 11) is 0. The van der Waals surface area contributed by atoms with Gasteiger partial charge in [0, 0.05) is 22.3 Å². The SMILES string of the molecule is CCCC1Sc2c(F)cc(F)cc2C1N. The van der Waals surface area contributed by atoms with Gasteiger partial charge in [-0.1, -0.05) is 13.3 Å². The van der Waals surface area contributed by atoms with Gasteiger partial charge in [-0.25, -0.2) is 8.78 Å². The van der Waals surface area contributed by atoms with E-state index in [1.54, 1.807) is 0 Å². The van der Waals surface area contributed by atoms with Crippen LogP contribution in [0, 0.1) is 11.6 Å². The van der Waals surface area contributed by atoms with Gasteiger partial charge < -0.3 is 5.73 Å². The normalized spacial score (nSPS) is 24.3. The number of fused-ring (bicyclic) bond motifs is 1. The molecule has 82 valence electrons. The Balaban J connectivity index is 2.36. The number of benzene rings is 1. The molecular weight excluding hydrogens is 216 g/mol. The van der Waals surface area contributed by atoms with Crippen molar-refractivity contribution in [3.63, 3.8) is 0 Å². The summed E-state index contributed by atoms with van der Waals surface area (Å²) in [6.07, 6.45) is 1.94. The summed E-state index contributed by atoms with van der Waals surface area (Å²) in [5.41, 5.74) is 6.58. The number of halogens is 2. The van der Waals surface area contributed by atoms with E-state index >= 15 is 0 Å². The number of hydrogen-bond donors (Lipinski definition) is 1. The Bertz CT molecular complexity index is 381. The Hall–Kier alpha value is -0.610. The molecule has 4 heteroatoms. The summed E-state index contributed by atoms with van der Waals surface area (Å²) in [5, 5.41) is 0.182. The van der Waals surface area contributed by atoms with E-state index in [9.17, 15) is 8.78 Å². The van der Waals surface area contributed by atoms with Crippen LogP contribution in [0.2, 0.25) is 0 Å². The molecule has 0 radical (unpaired) electrons. The third-order valence-electron chi connectivity index (χ3n) is 2.64. The van der Waals surface area contributed by atoms with Crippen LogP contribution in [0.3, 0.4) is 0 Å². The lowest BCUT2D eigenvalue weighted by Crippen LogP contribution is -2.19. The molecule has 1 aromatic carbocycles. The Labute approximate surface area is 92.0 Å². The highest BCUT2D eigenvalue weighted by Crippen LogP contribution is 2.46. The topological polar surface area (TPSA) is 26.0 Å². The molecular formula is C11H13F2NS. The maximum Gasteiger partial charge on any atom is 0.140 e. The molecule has 1 nitrogen and oxygen atoms in total. The van der Waals surface area contributed by atoms with Gasteiger partial charge in [-0.15, -0.1) is 11.8 Å². The molecule has 15 heavy (non-hydrogen) atoms. The molecule has 0 amide bonds. The second-order valence-electron chi connectivity index (χ2n) is 3.78. The van der Waals surface area contributed by atoms with Crippen LogP contribution in [0.15, 0.2) is 17.0 Å². The van der Waals surface area contributed by atoms with Crippen molar-refractivity contribution in [3.8, 4) is 0 Å². The molecule has 0 bridgehead atoms. The highest BCUT2D eigenvalue weighted by molar-refractivity contribution is 8.00. The van der Waals surface area contributed by atoms with Gasteiger partial charge in [0.25, 0.3) is 0 Å². The molecule has 1 aliphatic rings. The van der Waals surface area contributed by atoms with Crippen LogP contribution < -0.4 is 5.73 Å². The van der Waals surface area contributed by atoms with Crippen LogP contribution in [0.4, 0.5) is 8.78 Å². The van der Waals surface area contributed by atoms with Crippen molar-refractivity contribution >= 4 is 11.8 Å². The molecule has 1 heterocycles. The molecule has 1 aromatic rings. The summed E-state index contributed by atoms with van der Waals surface area (Å²) in [5.74, 6) is -1.02. The van der Waals surface area contributed by atoms with Gasteiger partial charge in [0.2, 0.25) is 0 Å². The fourth-order valence-electron chi connectivity index (χ4n) is 1.90. The van der Waals surface area contributed by atoms with E-state index in [0.29, 0.717) is 10.5 Å². The van der Waals surface area contributed by atoms with Crippen molar-refractivity contribution in [2.45, 2.75) is 36.0 Å². The van der Waals surface area contributed by atoms with Gasteiger partial charge in [-0.3, -0.25) is 0 Å². The number of nitrogens with two attached hydrogens (primary N) is 1. The fraction of sp³-hybridized carbons (Fsp3) is 0.455. The molecule has 0 spiro atoms. The average molecular weight is 229 g/mol. The summed E-state index contributed by atoms with van der Waals surface area (Å²) in [4.78, 5) is 0.530. The molecule has 0 fully saturated rings. The summed E-state index contributed by atoms with van der Waals surface area (Å²) < 4.78 is 26.4. The zero-order chi connectivity index (χ0) is 11.0. The largest absolute Gasteiger partial charge is 0.323 e. The summed E-state index contributed by atoms with van der Waals surface area (Å²) >= 11 is 1.44. The second kappa shape index (κ2) is 4.10. The van der Waals surface area contributed by atoms with Crippen LogP contribution >= 0.6 is 11.8 Å². The van der Waals surface area contributed by atoms with Crippen molar-refractivity contribution < 1.29 is 8.78 Å². The van der Waals surface area contributed by atoms with Gasteiger partial charge in [0.1, 0.15) is 11.6 Å². The molecule has 1 aliphatic heterocycles. The van der Waals surface area contributed by atoms with Gasteiger partial charge in [-0.05, 0) is 18.1 Å². The van der Waals surface area contributed by atoms with Crippen molar-refractivity contribution in [2.24, 2.45) is 5.73 Å². The van der Waals surface area contributed by atoms with Crippen LogP contribution in [0.25, 0.3) is 0 Å². The van der Waals surface area contributed by atoms with E-state index < -0.39 is 11.6 Å². The lowest BCUT2D eigenvalue weighted by molar-refractivity contribution is 0.553. The minimum absolute atomic E-state index is 0.182. The van der Waals surface area contributed by atoms with Crippen molar-refractivity contribution in [2.75, 3.05) is 0 Å². The first-order valence-electron chi connectivity index (χ1n) is 5.04. The number of hydrogen-bond acceptors (Lipinski definition) is 2. The highest BCUT2D eigenvalue weighted by Gasteiger charge is 2.32. The monoisotopic (exact) mass is 229 g/mol. The maximum atomic E-state index is 13.4. The molecule has 2 atom stereocenters. The minimum atomic E-state index is -0.542. The van der Waals surface area contributed by atoms with Gasteiger partial charge in [-0.2, -0.15) is 0 Å².